The van der Waals surface area contributed by atoms with Gasteiger partial charge in [-0.1, -0.05) is 18.2 Å². The van der Waals surface area contributed by atoms with Crippen LogP contribution in [-0.2, 0) is 10.0 Å². The summed E-state index contributed by atoms with van der Waals surface area (Å²) in [7, 11) is -3.23. The average molecular weight is 322 g/mol. The molecule has 0 spiro atoms. The first-order valence-corrected chi connectivity index (χ1v) is 9.00. The number of sulfonamides is 1. The maximum absolute atomic E-state index is 12.6. The van der Waals surface area contributed by atoms with Gasteiger partial charge in [-0.3, -0.25) is 9.10 Å². The molecule has 6 heteroatoms. The summed E-state index contributed by atoms with van der Waals surface area (Å²) in [5.41, 5.74) is 1.98. The number of benzene rings is 1. The molecule has 2 rings (SSSR count). The van der Waals surface area contributed by atoms with Gasteiger partial charge in [-0.15, -0.1) is 0 Å². The fraction of sp³-hybridized carbons (Fsp3) is 0.438. The van der Waals surface area contributed by atoms with Gasteiger partial charge in [-0.2, -0.15) is 0 Å². The predicted octanol–water partition coefficient (Wildman–Crippen LogP) is 2.26. The van der Waals surface area contributed by atoms with Gasteiger partial charge in [-0.05, 0) is 38.5 Å². The van der Waals surface area contributed by atoms with Crippen LogP contribution in [0, 0.1) is 0 Å². The first-order chi connectivity index (χ1) is 10.3. The van der Waals surface area contributed by atoms with Crippen LogP contribution in [-0.4, -0.2) is 44.6 Å². The maximum atomic E-state index is 12.6. The Labute approximate surface area is 132 Å². The highest BCUT2D eigenvalue weighted by Crippen LogP contribution is 2.25. The number of carbonyl (C=O) groups excluding carboxylic acids is 1. The highest BCUT2D eigenvalue weighted by Gasteiger charge is 2.29. The van der Waals surface area contributed by atoms with E-state index in [0.29, 0.717) is 37.3 Å². The largest absolute Gasteiger partial charge is 0.335 e. The van der Waals surface area contributed by atoms with Crippen LogP contribution in [0.4, 0.5) is 5.69 Å². The summed E-state index contributed by atoms with van der Waals surface area (Å²) in [6.45, 7) is 9.19. The number of nitrogens with zero attached hydrogens (tertiary/aromatic N) is 2. The molecule has 0 bridgehead atoms. The molecule has 120 valence electrons. The lowest BCUT2D eigenvalue weighted by Gasteiger charge is -2.22. The first-order valence-electron chi connectivity index (χ1n) is 7.39. The van der Waals surface area contributed by atoms with Crippen LogP contribution in [0.3, 0.4) is 0 Å². The Kier molecular flexibility index (Phi) is 4.90. The van der Waals surface area contributed by atoms with E-state index >= 15 is 0 Å². The molecule has 1 aliphatic heterocycles. The zero-order valence-corrected chi connectivity index (χ0v) is 13.9. The number of anilines is 1. The first kappa shape index (κ1) is 16.5. The zero-order valence-electron chi connectivity index (χ0n) is 13.1. The van der Waals surface area contributed by atoms with Crippen molar-refractivity contribution in [3.63, 3.8) is 0 Å². The van der Waals surface area contributed by atoms with Crippen LogP contribution in [0.15, 0.2) is 36.4 Å². The minimum atomic E-state index is -3.23. The Hall–Kier alpha value is -1.82. The van der Waals surface area contributed by atoms with E-state index in [9.17, 15) is 13.2 Å². The van der Waals surface area contributed by atoms with Crippen molar-refractivity contribution in [3.8, 4) is 0 Å². The van der Waals surface area contributed by atoms with E-state index in [1.165, 1.54) is 4.31 Å². The van der Waals surface area contributed by atoms with Gasteiger partial charge in [0.2, 0.25) is 10.0 Å². The van der Waals surface area contributed by atoms with Gasteiger partial charge in [0, 0.05) is 25.2 Å². The van der Waals surface area contributed by atoms with Crippen molar-refractivity contribution in [2.24, 2.45) is 0 Å². The van der Waals surface area contributed by atoms with Gasteiger partial charge < -0.3 is 4.90 Å². The molecule has 0 unspecified atom stereocenters. The molecule has 0 saturated carbocycles. The van der Waals surface area contributed by atoms with Crippen LogP contribution >= 0.6 is 0 Å². The number of carbonyl (C=O) groups is 1. The summed E-state index contributed by atoms with van der Waals surface area (Å²) in [5.74, 6) is 0.0611. The molecule has 1 aromatic carbocycles. The van der Waals surface area contributed by atoms with Gasteiger partial charge in [0.1, 0.15) is 0 Å². The molecule has 22 heavy (non-hydrogen) atoms. The summed E-state index contributed by atoms with van der Waals surface area (Å²) in [6.07, 6.45) is 0.622. The lowest BCUT2D eigenvalue weighted by atomic mass is 10.1. The minimum absolute atomic E-state index is 0.107. The lowest BCUT2D eigenvalue weighted by Crippen LogP contribution is -2.32. The third kappa shape index (κ3) is 3.50. The fourth-order valence-corrected chi connectivity index (χ4v) is 4.12. The lowest BCUT2D eigenvalue weighted by molar-refractivity contribution is 0.0778. The topological polar surface area (TPSA) is 57.7 Å². The SMILES string of the molecule is C=C(C)CN(CC)C(=O)c1cccc(N2CCCS2(=O)=O)c1. The number of rotatable bonds is 5. The van der Waals surface area contributed by atoms with E-state index in [0.717, 1.165) is 5.57 Å². The molecule has 0 aliphatic carbocycles. The number of hydrogen-bond donors (Lipinski definition) is 0. The molecule has 1 aliphatic rings. The molecular formula is C16H22N2O3S. The van der Waals surface area contributed by atoms with Crippen molar-refractivity contribution in [2.75, 3.05) is 29.7 Å². The van der Waals surface area contributed by atoms with Gasteiger partial charge in [-0.25, -0.2) is 8.42 Å². The summed E-state index contributed by atoms with van der Waals surface area (Å²) < 4.78 is 25.4. The van der Waals surface area contributed by atoms with Crippen molar-refractivity contribution in [3.05, 3.63) is 42.0 Å². The second kappa shape index (κ2) is 6.52. The average Bonchev–Trinajstić information content (AvgIpc) is 2.83. The van der Waals surface area contributed by atoms with Crippen LogP contribution in [0.1, 0.15) is 30.6 Å². The number of hydrogen-bond acceptors (Lipinski definition) is 3. The van der Waals surface area contributed by atoms with Gasteiger partial charge in [0.15, 0.2) is 0 Å². The zero-order chi connectivity index (χ0) is 16.3. The molecule has 1 saturated heterocycles. The minimum Gasteiger partial charge on any atom is -0.335 e. The molecule has 1 fully saturated rings. The van der Waals surface area contributed by atoms with Crippen molar-refractivity contribution in [2.45, 2.75) is 20.3 Å². The van der Waals surface area contributed by atoms with Gasteiger partial charge in [0.05, 0.1) is 11.4 Å². The van der Waals surface area contributed by atoms with Crippen molar-refractivity contribution in [1.82, 2.24) is 4.90 Å². The fourth-order valence-electron chi connectivity index (χ4n) is 2.56. The van der Waals surface area contributed by atoms with Gasteiger partial charge in [0.25, 0.3) is 5.91 Å². The second-order valence-electron chi connectivity index (χ2n) is 5.57. The molecule has 0 radical (unpaired) electrons. The smallest absolute Gasteiger partial charge is 0.254 e. The summed E-state index contributed by atoms with van der Waals surface area (Å²) in [5, 5.41) is 0. The molecule has 5 nitrogen and oxygen atoms in total. The summed E-state index contributed by atoms with van der Waals surface area (Å²) >= 11 is 0. The molecular weight excluding hydrogens is 300 g/mol. The Morgan fingerprint density at radius 1 is 1.41 bits per heavy atom. The normalized spacial score (nSPS) is 16.5. The summed E-state index contributed by atoms with van der Waals surface area (Å²) in [4.78, 5) is 14.3. The Bertz CT molecular complexity index is 682. The van der Waals surface area contributed by atoms with E-state index in [1.54, 1.807) is 29.2 Å². The molecule has 0 N–H and O–H groups in total. The highest BCUT2D eigenvalue weighted by atomic mass is 32.2. The number of amides is 1. The molecule has 0 atom stereocenters. The van der Waals surface area contributed by atoms with Crippen LogP contribution in [0.25, 0.3) is 0 Å². The Balaban J connectivity index is 2.28. The Morgan fingerprint density at radius 3 is 2.68 bits per heavy atom. The maximum Gasteiger partial charge on any atom is 0.254 e. The monoisotopic (exact) mass is 322 g/mol. The standard InChI is InChI=1S/C16H22N2O3S/c1-4-17(12-13(2)3)16(19)14-7-5-8-15(11-14)18-9-6-10-22(18,20)21/h5,7-8,11H,2,4,6,9-10,12H2,1,3H3. The Morgan fingerprint density at radius 2 is 2.14 bits per heavy atom. The molecule has 1 heterocycles. The third-order valence-corrected chi connectivity index (χ3v) is 5.48. The second-order valence-corrected chi connectivity index (χ2v) is 7.58. The summed E-state index contributed by atoms with van der Waals surface area (Å²) in [6, 6.07) is 6.83. The molecule has 0 aromatic heterocycles. The van der Waals surface area contributed by atoms with Crippen LogP contribution in [0.2, 0.25) is 0 Å². The van der Waals surface area contributed by atoms with Crippen LogP contribution < -0.4 is 4.31 Å². The third-order valence-electron chi connectivity index (χ3n) is 3.61. The van der Waals surface area contributed by atoms with E-state index in [1.807, 2.05) is 13.8 Å². The van der Waals surface area contributed by atoms with Crippen molar-refractivity contribution < 1.29 is 13.2 Å². The number of likely N-dealkylation sites (N-methyl/N-ethyl adjacent to an activating group) is 1. The van der Waals surface area contributed by atoms with E-state index in [-0.39, 0.29) is 11.7 Å². The molecule has 1 amide bonds. The van der Waals surface area contributed by atoms with E-state index in [2.05, 4.69) is 6.58 Å². The van der Waals surface area contributed by atoms with E-state index in [4.69, 9.17) is 0 Å². The highest BCUT2D eigenvalue weighted by molar-refractivity contribution is 7.93. The molecule has 1 aromatic rings. The van der Waals surface area contributed by atoms with Crippen LogP contribution in [0.5, 0.6) is 0 Å². The quantitative estimate of drug-likeness (QED) is 0.781. The van der Waals surface area contributed by atoms with E-state index < -0.39 is 10.0 Å². The van der Waals surface area contributed by atoms with Crippen molar-refractivity contribution >= 4 is 21.6 Å². The van der Waals surface area contributed by atoms with Gasteiger partial charge >= 0.3 is 0 Å². The predicted molar refractivity (Wildman–Crippen MR) is 88.6 cm³/mol. The van der Waals surface area contributed by atoms with Crippen molar-refractivity contribution in [1.29, 1.82) is 0 Å².